The number of benzene rings is 1. The van der Waals surface area contributed by atoms with Gasteiger partial charge in [0.1, 0.15) is 46.8 Å². The number of nitrogen functional groups attached to an aromatic ring is 1. The summed E-state index contributed by atoms with van der Waals surface area (Å²) in [4.78, 5) is 12.5. The predicted molar refractivity (Wildman–Crippen MR) is 113 cm³/mol. The maximum absolute atomic E-state index is 14.1. The van der Waals surface area contributed by atoms with E-state index < -0.39 is 11.9 Å². The zero-order valence-electron chi connectivity index (χ0n) is 16.8. The van der Waals surface area contributed by atoms with Gasteiger partial charge in [-0.15, -0.1) is 5.10 Å². The molecule has 0 aliphatic rings. The summed E-state index contributed by atoms with van der Waals surface area (Å²) in [6.07, 6.45) is 4.53. The van der Waals surface area contributed by atoms with Gasteiger partial charge in [-0.3, -0.25) is 0 Å². The van der Waals surface area contributed by atoms with E-state index in [1.54, 1.807) is 41.2 Å². The number of fused-ring (bicyclic) bond motifs is 1. The molecule has 0 spiro atoms. The van der Waals surface area contributed by atoms with Crippen molar-refractivity contribution in [1.29, 1.82) is 5.26 Å². The van der Waals surface area contributed by atoms with E-state index in [9.17, 15) is 9.65 Å². The highest BCUT2D eigenvalue weighted by molar-refractivity contribution is 5.98. The minimum atomic E-state index is -0.407. The fraction of sp³-hybridized carbons (Fsp3) is 0.0952. The van der Waals surface area contributed by atoms with Crippen LogP contribution in [-0.4, -0.2) is 39.7 Å². The van der Waals surface area contributed by atoms with Crippen molar-refractivity contribution in [1.82, 2.24) is 39.7 Å². The van der Waals surface area contributed by atoms with Crippen molar-refractivity contribution in [3.05, 3.63) is 72.3 Å². The van der Waals surface area contributed by atoms with E-state index in [2.05, 4.69) is 25.3 Å². The number of rotatable bonds is 4. The van der Waals surface area contributed by atoms with Crippen molar-refractivity contribution >= 4 is 16.9 Å². The summed E-state index contributed by atoms with van der Waals surface area (Å²) < 4.78 is 17.2. The second-order valence-electron chi connectivity index (χ2n) is 7.01. The van der Waals surface area contributed by atoms with E-state index >= 15 is 0 Å². The molecule has 11 heteroatoms. The highest BCUT2D eigenvalue weighted by atomic mass is 19.1. The largest absolute Gasteiger partial charge is 0.383 e. The minimum absolute atomic E-state index is 0.251. The number of nitrogens with zero attached hydrogens (tertiary/aromatic N) is 9. The van der Waals surface area contributed by atoms with Crippen molar-refractivity contribution in [2.45, 2.75) is 13.0 Å². The molecule has 5 aromatic rings. The van der Waals surface area contributed by atoms with Gasteiger partial charge in [0.15, 0.2) is 5.65 Å². The molecule has 10 nitrogen and oxygen atoms in total. The van der Waals surface area contributed by atoms with Crippen molar-refractivity contribution in [3.63, 3.8) is 0 Å². The smallest absolute Gasteiger partial charge is 0.164 e. The molecule has 32 heavy (non-hydrogen) atoms. The third-order valence-electron chi connectivity index (χ3n) is 5.07. The van der Waals surface area contributed by atoms with Crippen LogP contribution in [0.4, 0.5) is 10.2 Å². The summed E-state index contributed by atoms with van der Waals surface area (Å²) in [5.41, 5.74) is 8.92. The number of pyridine rings is 1. The van der Waals surface area contributed by atoms with Crippen molar-refractivity contribution < 1.29 is 4.39 Å². The lowest BCUT2D eigenvalue weighted by Crippen LogP contribution is -2.10. The van der Waals surface area contributed by atoms with Crippen LogP contribution < -0.4 is 5.73 Å². The van der Waals surface area contributed by atoms with E-state index in [-0.39, 0.29) is 17.2 Å². The maximum atomic E-state index is 14.1. The Morgan fingerprint density at radius 1 is 1.16 bits per heavy atom. The normalized spacial score (nSPS) is 12.0. The van der Waals surface area contributed by atoms with E-state index in [1.807, 2.05) is 13.0 Å². The molecule has 2 N–H and O–H groups in total. The average Bonchev–Trinajstić information content (AvgIpc) is 3.45. The van der Waals surface area contributed by atoms with Crippen molar-refractivity contribution in [3.8, 4) is 23.0 Å². The van der Waals surface area contributed by atoms with Gasteiger partial charge < -0.3 is 5.73 Å². The topological polar surface area (TPSA) is 137 Å². The molecule has 0 amide bonds. The standard InChI is InChI=1S/C21H15FN10/c1-12(16-10-31(30-28-16)17-5-3-2-4-15(17)22)32-21-18(20(24)26-11-27-21)19(29-32)13-6-7-25-14(8-13)9-23/h2-8,10-12H,1H3,(H2,24,26,27). The molecule has 0 aliphatic heterocycles. The van der Waals surface area contributed by atoms with Crippen molar-refractivity contribution in [2.75, 3.05) is 5.73 Å². The lowest BCUT2D eigenvalue weighted by atomic mass is 10.1. The van der Waals surface area contributed by atoms with Crippen LogP contribution in [0.3, 0.4) is 0 Å². The van der Waals surface area contributed by atoms with Crippen LogP contribution >= 0.6 is 0 Å². The molecular weight excluding hydrogens is 411 g/mol. The first-order chi connectivity index (χ1) is 15.6. The van der Waals surface area contributed by atoms with Gasteiger partial charge in [0.25, 0.3) is 0 Å². The Balaban J connectivity index is 1.63. The molecule has 5 rings (SSSR count). The molecule has 0 saturated heterocycles. The van der Waals surface area contributed by atoms with Crippen LogP contribution in [0.1, 0.15) is 24.4 Å². The lowest BCUT2D eigenvalue weighted by molar-refractivity contribution is 0.565. The number of aromatic nitrogens is 8. The fourth-order valence-corrected chi connectivity index (χ4v) is 3.46. The number of nitrogens with two attached hydrogens (primary N) is 1. The Kier molecular flexibility index (Phi) is 4.52. The Hall–Kier alpha value is -4.72. The summed E-state index contributed by atoms with van der Waals surface area (Å²) >= 11 is 0. The van der Waals surface area contributed by atoms with Crippen LogP contribution in [0, 0.1) is 17.1 Å². The molecule has 0 aliphatic carbocycles. The Bertz CT molecular complexity index is 1500. The zero-order valence-corrected chi connectivity index (χ0v) is 16.8. The molecule has 1 atom stereocenters. The van der Waals surface area contributed by atoms with E-state index in [1.165, 1.54) is 23.3 Å². The highest BCUT2D eigenvalue weighted by Crippen LogP contribution is 2.32. The summed E-state index contributed by atoms with van der Waals surface area (Å²) in [6, 6.07) is 11.3. The quantitative estimate of drug-likeness (QED) is 0.463. The SMILES string of the molecule is CC(c1cn(-c2ccccc2F)nn1)n1nc(-c2ccnc(C#N)c2)c2c(N)ncnc21. The number of anilines is 1. The maximum Gasteiger partial charge on any atom is 0.164 e. The Morgan fingerprint density at radius 2 is 2.00 bits per heavy atom. The summed E-state index contributed by atoms with van der Waals surface area (Å²) in [6.45, 7) is 1.87. The summed E-state index contributed by atoms with van der Waals surface area (Å²) in [5.74, 6) is -0.149. The van der Waals surface area contributed by atoms with E-state index in [4.69, 9.17) is 10.8 Å². The van der Waals surface area contributed by atoms with Crippen molar-refractivity contribution in [2.24, 2.45) is 0 Å². The fourth-order valence-electron chi connectivity index (χ4n) is 3.46. The summed E-state index contributed by atoms with van der Waals surface area (Å²) in [5, 5.41) is 22.7. The Labute approximate surface area is 180 Å². The first-order valence-corrected chi connectivity index (χ1v) is 9.59. The minimum Gasteiger partial charge on any atom is -0.383 e. The molecule has 0 radical (unpaired) electrons. The second-order valence-corrected chi connectivity index (χ2v) is 7.01. The van der Waals surface area contributed by atoms with Crippen LogP contribution in [0.15, 0.2) is 55.1 Å². The average molecular weight is 426 g/mol. The highest BCUT2D eigenvalue weighted by Gasteiger charge is 2.23. The molecule has 4 aromatic heterocycles. The van der Waals surface area contributed by atoms with Gasteiger partial charge >= 0.3 is 0 Å². The summed E-state index contributed by atoms with van der Waals surface area (Å²) in [7, 11) is 0. The van der Waals surface area contributed by atoms with Gasteiger partial charge in [-0.2, -0.15) is 10.4 Å². The van der Waals surface area contributed by atoms with Gasteiger partial charge in [0.2, 0.25) is 0 Å². The Morgan fingerprint density at radius 3 is 2.81 bits per heavy atom. The molecule has 4 heterocycles. The number of nitriles is 1. The molecule has 1 unspecified atom stereocenters. The number of hydrogen-bond acceptors (Lipinski definition) is 8. The van der Waals surface area contributed by atoms with Crippen LogP contribution in [0.2, 0.25) is 0 Å². The van der Waals surface area contributed by atoms with E-state index in [0.717, 1.165) is 0 Å². The van der Waals surface area contributed by atoms with Crippen LogP contribution in [0.25, 0.3) is 28.0 Å². The molecular formula is C21H15FN10. The predicted octanol–water partition coefficient (Wildman–Crippen LogP) is 2.67. The molecule has 0 bridgehead atoms. The molecule has 1 aromatic carbocycles. The molecule has 0 saturated carbocycles. The third-order valence-corrected chi connectivity index (χ3v) is 5.07. The van der Waals surface area contributed by atoms with Gasteiger partial charge in [-0.05, 0) is 31.2 Å². The first kappa shape index (κ1) is 19.3. The van der Waals surface area contributed by atoms with E-state index in [0.29, 0.717) is 28.0 Å². The van der Waals surface area contributed by atoms with Crippen LogP contribution in [0.5, 0.6) is 0 Å². The second kappa shape index (κ2) is 7.51. The van der Waals surface area contributed by atoms with Gasteiger partial charge in [0.05, 0.1) is 17.6 Å². The van der Waals surface area contributed by atoms with Gasteiger partial charge in [-0.1, -0.05) is 17.3 Å². The molecule has 156 valence electrons. The number of para-hydroxylation sites is 1. The zero-order chi connectivity index (χ0) is 22.2. The third kappa shape index (κ3) is 3.10. The monoisotopic (exact) mass is 426 g/mol. The number of halogens is 1. The number of hydrogen-bond donors (Lipinski definition) is 1. The lowest BCUT2D eigenvalue weighted by Gasteiger charge is -2.09. The van der Waals surface area contributed by atoms with Gasteiger partial charge in [-0.25, -0.2) is 28.7 Å². The van der Waals surface area contributed by atoms with Crippen LogP contribution in [-0.2, 0) is 0 Å². The first-order valence-electron chi connectivity index (χ1n) is 9.59. The molecule has 0 fully saturated rings. The van der Waals surface area contributed by atoms with Gasteiger partial charge in [0, 0.05) is 11.8 Å².